The van der Waals surface area contributed by atoms with Crippen molar-refractivity contribution in [1.29, 1.82) is 0 Å². The van der Waals surface area contributed by atoms with Gasteiger partial charge in [-0.15, -0.1) is 5.10 Å². The van der Waals surface area contributed by atoms with Crippen LogP contribution in [0.15, 0.2) is 48.8 Å². The van der Waals surface area contributed by atoms with Crippen LogP contribution in [0.25, 0.3) is 0 Å². The van der Waals surface area contributed by atoms with E-state index in [4.69, 9.17) is 9.47 Å². The van der Waals surface area contributed by atoms with Crippen molar-refractivity contribution in [1.82, 2.24) is 30.0 Å². The largest absolute Gasteiger partial charge is 0.497 e. The number of hydrogen-bond donors (Lipinski definition) is 3. The number of tetrazole rings is 1. The van der Waals surface area contributed by atoms with Crippen LogP contribution in [-0.4, -0.2) is 99.0 Å². The Morgan fingerprint density at radius 3 is 2.59 bits per heavy atom. The van der Waals surface area contributed by atoms with Gasteiger partial charge in [0.25, 0.3) is 5.91 Å². The highest BCUT2D eigenvalue weighted by Crippen LogP contribution is 2.31. The molecule has 14 heteroatoms. The van der Waals surface area contributed by atoms with Crippen molar-refractivity contribution < 1.29 is 29.0 Å². The molecular formula is C27H34N8O6. The van der Waals surface area contributed by atoms with Gasteiger partial charge in [-0.2, -0.15) is 0 Å². The molecule has 4 amide bonds. The summed E-state index contributed by atoms with van der Waals surface area (Å²) in [5.41, 5.74) is 1.23. The molecule has 0 saturated heterocycles. The maximum atomic E-state index is 13.6. The summed E-state index contributed by atoms with van der Waals surface area (Å²) in [7, 11) is 3.23. The first-order chi connectivity index (χ1) is 19.7. The molecule has 4 rings (SSSR count). The van der Waals surface area contributed by atoms with Crippen LogP contribution in [0, 0.1) is 5.92 Å². The highest BCUT2D eigenvalue weighted by atomic mass is 16.5. The fourth-order valence-electron chi connectivity index (χ4n) is 4.36. The summed E-state index contributed by atoms with van der Waals surface area (Å²) in [4.78, 5) is 42.2. The fourth-order valence-corrected chi connectivity index (χ4v) is 4.36. The van der Waals surface area contributed by atoms with Gasteiger partial charge in [-0.1, -0.05) is 6.92 Å². The number of carbonyl (C=O) groups excluding carboxylic acids is 3. The number of likely N-dealkylation sites (N-methyl/N-ethyl adjacent to an activating group) is 1. The number of nitrogens with one attached hydrogen (secondary N) is 2. The summed E-state index contributed by atoms with van der Waals surface area (Å²) in [6, 6.07) is 11.0. The number of carbonyl (C=O) groups is 3. The number of methoxy groups -OCH3 is 1. The number of amides is 4. The molecule has 0 fully saturated rings. The van der Waals surface area contributed by atoms with E-state index < -0.39 is 12.1 Å². The van der Waals surface area contributed by atoms with E-state index in [1.807, 2.05) is 6.92 Å². The Morgan fingerprint density at radius 2 is 1.93 bits per heavy atom. The average molecular weight is 567 g/mol. The molecule has 2 aromatic carbocycles. The lowest BCUT2D eigenvalue weighted by molar-refractivity contribution is -0.116. The smallest absolute Gasteiger partial charge is 0.321 e. The van der Waals surface area contributed by atoms with Gasteiger partial charge in [-0.05, 0) is 59.8 Å². The maximum absolute atomic E-state index is 13.6. The Balaban J connectivity index is 1.53. The summed E-state index contributed by atoms with van der Waals surface area (Å²) < 4.78 is 12.8. The maximum Gasteiger partial charge on any atom is 0.321 e. The average Bonchev–Trinajstić information content (AvgIpc) is 3.48. The molecule has 0 radical (unpaired) electrons. The van der Waals surface area contributed by atoms with E-state index >= 15 is 0 Å². The fraction of sp³-hybridized carbons (Fsp3) is 0.407. The highest BCUT2D eigenvalue weighted by Gasteiger charge is 2.34. The molecule has 0 bridgehead atoms. The lowest BCUT2D eigenvalue weighted by Gasteiger charge is -2.38. The van der Waals surface area contributed by atoms with Gasteiger partial charge in [-0.3, -0.25) is 9.59 Å². The van der Waals surface area contributed by atoms with Gasteiger partial charge in [0.05, 0.1) is 31.9 Å². The summed E-state index contributed by atoms with van der Waals surface area (Å²) >= 11 is 0. The van der Waals surface area contributed by atoms with Gasteiger partial charge >= 0.3 is 6.03 Å². The predicted octanol–water partition coefficient (Wildman–Crippen LogP) is 1.70. The number of aliphatic hydroxyl groups excluding tert-OH is 1. The van der Waals surface area contributed by atoms with Crippen LogP contribution in [0.3, 0.4) is 0 Å². The Kier molecular flexibility index (Phi) is 9.34. The first kappa shape index (κ1) is 29.3. The van der Waals surface area contributed by atoms with Crippen LogP contribution in [0.1, 0.15) is 24.2 Å². The topological polar surface area (TPSA) is 164 Å². The van der Waals surface area contributed by atoms with E-state index in [0.717, 1.165) is 0 Å². The zero-order valence-corrected chi connectivity index (χ0v) is 23.4. The van der Waals surface area contributed by atoms with Crippen LogP contribution in [0.4, 0.5) is 16.2 Å². The van der Waals surface area contributed by atoms with Crippen molar-refractivity contribution >= 4 is 29.2 Å². The minimum Gasteiger partial charge on any atom is -0.497 e. The molecule has 0 unspecified atom stereocenters. The number of nitrogens with zero attached hydrogens (tertiary/aromatic N) is 6. The molecule has 2 heterocycles. The molecular weight excluding hydrogens is 532 g/mol. The van der Waals surface area contributed by atoms with Gasteiger partial charge in [0, 0.05) is 30.9 Å². The SMILES string of the molecule is COc1ccc(NC(=O)N(C)C[C@@H]2Oc3ccc(NC(=O)Cn4cnnn4)cc3C(=O)N([C@H](C)CO)C[C@@H]2C)cc1. The number of aliphatic hydroxyl groups is 1. The summed E-state index contributed by atoms with van der Waals surface area (Å²) in [5.74, 6) is 0.0809. The third-order valence-corrected chi connectivity index (χ3v) is 6.79. The van der Waals surface area contributed by atoms with E-state index in [0.29, 0.717) is 22.9 Å². The third-order valence-electron chi connectivity index (χ3n) is 6.79. The Morgan fingerprint density at radius 1 is 1.20 bits per heavy atom. The summed E-state index contributed by atoms with van der Waals surface area (Å²) in [5, 5.41) is 26.2. The molecule has 1 aromatic heterocycles. The van der Waals surface area contributed by atoms with Crippen LogP contribution < -0.4 is 20.1 Å². The number of anilines is 2. The Hall–Kier alpha value is -4.72. The minimum absolute atomic E-state index is 0.104. The minimum atomic E-state index is -0.484. The number of aromatic nitrogens is 4. The van der Waals surface area contributed by atoms with Gasteiger partial charge in [0.1, 0.15) is 30.5 Å². The molecule has 1 aliphatic rings. The second-order valence-electron chi connectivity index (χ2n) is 9.93. The van der Waals surface area contributed by atoms with E-state index in [9.17, 15) is 19.5 Å². The predicted molar refractivity (Wildman–Crippen MR) is 149 cm³/mol. The molecule has 218 valence electrons. The lowest BCUT2D eigenvalue weighted by Crippen LogP contribution is -2.50. The van der Waals surface area contributed by atoms with Crippen molar-refractivity contribution in [3.8, 4) is 11.5 Å². The van der Waals surface area contributed by atoms with E-state index in [-0.39, 0.29) is 55.6 Å². The molecule has 3 aromatic rings. The molecule has 3 atom stereocenters. The van der Waals surface area contributed by atoms with Crippen LogP contribution in [-0.2, 0) is 11.3 Å². The van der Waals surface area contributed by atoms with Gasteiger partial charge < -0.3 is 35.0 Å². The van der Waals surface area contributed by atoms with Gasteiger partial charge in [0.2, 0.25) is 5.91 Å². The zero-order chi connectivity index (χ0) is 29.5. The van der Waals surface area contributed by atoms with Gasteiger partial charge in [-0.25, -0.2) is 9.48 Å². The number of benzene rings is 2. The normalized spacial score (nSPS) is 17.4. The van der Waals surface area contributed by atoms with E-state index in [1.165, 1.54) is 15.9 Å². The first-order valence-corrected chi connectivity index (χ1v) is 13.1. The molecule has 0 saturated carbocycles. The van der Waals surface area contributed by atoms with Gasteiger partial charge in [0.15, 0.2) is 0 Å². The number of urea groups is 1. The quantitative estimate of drug-likeness (QED) is 0.350. The lowest BCUT2D eigenvalue weighted by atomic mass is 9.99. The number of ether oxygens (including phenoxy) is 2. The molecule has 41 heavy (non-hydrogen) atoms. The van der Waals surface area contributed by atoms with Crippen LogP contribution in [0.5, 0.6) is 11.5 Å². The van der Waals surface area contributed by atoms with Crippen molar-refractivity contribution in [3.05, 3.63) is 54.4 Å². The monoisotopic (exact) mass is 566 g/mol. The van der Waals surface area contributed by atoms with E-state index in [1.54, 1.807) is 68.4 Å². The Bertz CT molecular complexity index is 1350. The summed E-state index contributed by atoms with van der Waals surface area (Å²) in [6.07, 6.45) is 0.837. The second kappa shape index (κ2) is 13.1. The molecule has 1 aliphatic heterocycles. The van der Waals surface area contributed by atoms with E-state index in [2.05, 4.69) is 26.2 Å². The van der Waals surface area contributed by atoms with Crippen LogP contribution in [0.2, 0.25) is 0 Å². The number of rotatable bonds is 9. The van der Waals surface area contributed by atoms with Crippen molar-refractivity contribution in [3.63, 3.8) is 0 Å². The second-order valence-corrected chi connectivity index (χ2v) is 9.93. The molecule has 3 N–H and O–H groups in total. The van der Waals surface area contributed by atoms with Crippen molar-refractivity contribution in [2.24, 2.45) is 5.92 Å². The number of hydrogen-bond acceptors (Lipinski definition) is 9. The van der Waals surface area contributed by atoms with Crippen molar-refractivity contribution in [2.75, 3.05) is 44.5 Å². The summed E-state index contributed by atoms with van der Waals surface area (Å²) in [6.45, 7) is 3.87. The molecule has 0 aliphatic carbocycles. The standard InChI is InChI=1S/C27H34N8O6/c1-17-12-35(18(2)15-36)26(38)22-11-20(29-25(37)14-34-16-28-31-32-34)7-10-23(22)41-24(17)13-33(3)27(39)30-19-5-8-21(40-4)9-6-19/h5-11,16-18,24,36H,12-15H2,1-4H3,(H,29,37)(H,30,39)/t17-,18+,24-/m0/s1. The zero-order valence-electron chi connectivity index (χ0n) is 23.4. The first-order valence-electron chi connectivity index (χ1n) is 13.1. The third kappa shape index (κ3) is 7.28. The molecule has 0 spiro atoms. The highest BCUT2D eigenvalue weighted by molar-refractivity contribution is 6.00. The van der Waals surface area contributed by atoms with Crippen molar-refractivity contribution in [2.45, 2.75) is 32.5 Å². The number of fused-ring (bicyclic) bond motifs is 1. The van der Waals surface area contributed by atoms with Crippen LogP contribution >= 0.6 is 0 Å². The Labute approximate surface area is 237 Å². The molecule has 14 nitrogen and oxygen atoms in total.